The minimum atomic E-state index is -0.182. The van der Waals surface area contributed by atoms with Gasteiger partial charge in [-0.15, -0.1) is 0 Å². The lowest BCUT2D eigenvalue weighted by Gasteiger charge is -2.39. The maximum absolute atomic E-state index is 5.60. The highest BCUT2D eigenvalue weighted by Crippen LogP contribution is 2.27. The zero-order valence-electron chi connectivity index (χ0n) is 9.95. The molecule has 1 atom stereocenters. The van der Waals surface area contributed by atoms with Crippen molar-refractivity contribution in [1.82, 2.24) is 5.32 Å². The van der Waals surface area contributed by atoms with E-state index in [0.717, 1.165) is 13.2 Å². The predicted octanol–water partition coefficient (Wildman–Crippen LogP) is 1.46. The van der Waals surface area contributed by atoms with Crippen LogP contribution >= 0.6 is 0 Å². The Morgan fingerprint density at radius 3 is 2.88 bits per heavy atom. The minimum absolute atomic E-state index is 0.182. The lowest BCUT2D eigenvalue weighted by molar-refractivity contribution is -0.0150. The van der Waals surface area contributed by atoms with Crippen LogP contribution in [0.5, 0.6) is 0 Å². The largest absolute Gasteiger partial charge is 0.382 e. The summed E-state index contributed by atoms with van der Waals surface area (Å²) in [6.07, 6.45) is 0. The first kappa shape index (κ1) is 11.6. The molecule has 0 saturated carbocycles. The van der Waals surface area contributed by atoms with Crippen LogP contribution < -0.4 is 5.32 Å². The summed E-state index contributed by atoms with van der Waals surface area (Å²) in [6, 6.07) is 8.40. The van der Waals surface area contributed by atoms with E-state index in [1.165, 1.54) is 11.1 Å². The molecule has 0 aromatic heterocycles. The zero-order chi connectivity index (χ0) is 11.4. The fourth-order valence-electron chi connectivity index (χ4n) is 2.36. The van der Waals surface area contributed by atoms with Crippen LogP contribution in [0.2, 0.25) is 0 Å². The van der Waals surface area contributed by atoms with E-state index >= 15 is 0 Å². The third-order valence-electron chi connectivity index (χ3n) is 3.11. The second-order valence-electron chi connectivity index (χ2n) is 4.31. The summed E-state index contributed by atoms with van der Waals surface area (Å²) >= 11 is 0. The quantitative estimate of drug-likeness (QED) is 0.838. The molecular weight excluding hydrogens is 202 g/mol. The molecule has 3 nitrogen and oxygen atoms in total. The van der Waals surface area contributed by atoms with E-state index in [9.17, 15) is 0 Å². The number of morpholine rings is 1. The first-order valence-electron chi connectivity index (χ1n) is 5.66. The van der Waals surface area contributed by atoms with Crippen molar-refractivity contribution in [3.63, 3.8) is 0 Å². The van der Waals surface area contributed by atoms with Crippen LogP contribution in [0.15, 0.2) is 24.3 Å². The molecule has 1 aromatic rings. The first-order chi connectivity index (χ1) is 7.78. The third kappa shape index (κ3) is 2.12. The van der Waals surface area contributed by atoms with Crippen LogP contribution in [-0.4, -0.2) is 33.5 Å². The van der Waals surface area contributed by atoms with Crippen LogP contribution in [-0.2, 0) is 15.0 Å². The van der Waals surface area contributed by atoms with Gasteiger partial charge in [0, 0.05) is 13.7 Å². The number of hydrogen-bond donors (Lipinski definition) is 1. The molecule has 1 aliphatic heterocycles. The topological polar surface area (TPSA) is 30.5 Å². The highest BCUT2D eigenvalue weighted by molar-refractivity contribution is 5.33. The molecule has 16 heavy (non-hydrogen) atoms. The Hall–Kier alpha value is -0.900. The standard InChI is InChI=1S/C13H19NO2/c1-11-5-3-4-6-12(11)13(9-15-2)10-16-8-7-14-13/h3-6,14H,7-10H2,1-2H3. The van der Waals surface area contributed by atoms with Gasteiger partial charge in [0.15, 0.2) is 0 Å². The van der Waals surface area contributed by atoms with Crippen LogP contribution in [0.25, 0.3) is 0 Å². The van der Waals surface area contributed by atoms with Crippen molar-refractivity contribution in [2.24, 2.45) is 0 Å². The molecule has 1 aliphatic rings. The van der Waals surface area contributed by atoms with Crippen molar-refractivity contribution in [2.75, 3.05) is 33.5 Å². The number of nitrogens with one attached hydrogen (secondary N) is 1. The third-order valence-corrected chi connectivity index (χ3v) is 3.11. The van der Waals surface area contributed by atoms with Crippen LogP contribution in [0.1, 0.15) is 11.1 Å². The molecule has 1 unspecified atom stereocenters. The Kier molecular flexibility index (Phi) is 3.59. The molecule has 1 fully saturated rings. The van der Waals surface area contributed by atoms with Gasteiger partial charge in [-0.25, -0.2) is 0 Å². The smallest absolute Gasteiger partial charge is 0.0911 e. The van der Waals surface area contributed by atoms with E-state index in [4.69, 9.17) is 9.47 Å². The molecule has 1 saturated heterocycles. The minimum Gasteiger partial charge on any atom is -0.382 e. The summed E-state index contributed by atoms with van der Waals surface area (Å²) in [5.74, 6) is 0. The van der Waals surface area contributed by atoms with Crippen molar-refractivity contribution in [3.05, 3.63) is 35.4 Å². The van der Waals surface area contributed by atoms with Gasteiger partial charge in [-0.2, -0.15) is 0 Å². The molecule has 0 bridgehead atoms. The Labute approximate surface area is 96.8 Å². The molecule has 0 aliphatic carbocycles. The second kappa shape index (κ2) is 4.95. The summed E-state index contributed by atoms with van der Waals surface area (Å²) < 4.78 is 11.0. The molecule has 0 radical (unpaired) electrons. The van der Waals surface area contributed by atoms with Gasteiger partial charge in [-0.1, -0.05) is 24.3 Å². The van der Waals surface area contributed by atoms with Crippen molar-refractivity contribution >= 4 is 0 Å². The number of benzene rings is 1. The van der Waals surface area contributed by atoms with Gasteiger partial charge in [-0.3, -0.25) is 0 Å². The monoisotopic (exact) mass is 221 g/mol. The van der Waals surface area contributed by atoms with Crippen LogP contribution in [0.4, 0.5) is 0 Å². The number of hydrogen-bond acceptors (Lipinski definition) is 3. The fourth-order valence-corrected chi connectivity index (χ4v) is 2.36. The lowest BCUT2D eigenvalue weighted by atomic mass is 9.87. The Morgan fingerprint density at radius 1 is 1.44 bits per heavy atom. The summed E-state index contributed by atoms with van der Waals surface area (Å²) in [5, 5.41) is 3.54. The highest BCUT2D eigenvalue weighted by Gasteiger charge is 2.35. The van der Waals surface area contributed by atoms with E-state index < -0.39 is 0 Å². The summed E-state index contributed by atoms with van der Waals surface area (Å²) in [6.45, 7) is 5.08. The molecule has 0 amide bonds. The predicted molar refractivity (Wildman–Crippen MR) is 63.6 cm³/mol. The molecule has 2 rings (SSSR count). The molecule has 3 heteroatoms. The molecule has 1 aromatic carbocycles. The molecule has 1 heterocycles. The SMILES string of the molecule is COCC1(c2ccccc2C)COCCN1. The average Bonchev–Trinajstić information content (AvgIpc) is 2.31. The second-order valence-corrected chi connectivity index (χ2v) is 4.31. The zero-order valence-corrected chi connectivity index (χ0v) is 9.95. The van der Waals surface area contributed by atoms with Crippen molar-refractivity contribution in [1.29, 1.82) is 0 Å². The maximum Gasteiger partial charge on any atom is 0.0911 e. The van der Waals surface area contributed by atoms with Gasteiger partial charge in [0.25, 0.3) is 0 Å². The van der Waals surface area contributed by atoms with Gasteiger partial charge in [0.05, 0.1) is 25.4 Å². The number of aryl methyl sites for hydroxylation is 1. The fraction of sp³-hybridized carbons (Fsp3) is 0.538. The van der Waals surface area contributed by atoms with Gasteiger partial charge >= 0.3 is 0 Å². The van der Waals surface area contributed by atoms with Gasteiger partial charge in [0.1, 0.15) is 0 Å². The Balaban J connectivity index is 2.34. The summed E-state index contributed by atoms with van der Waals surface area (Å²) in [7, 11) is 1.73. The average molecular weight is 221 g/mol. The summed E-state index contributed by atoms with van der Waals surface area (Å²) in [4.78, 5) is 0. The Morgan fingerprint density at radius 2 is 2.25 bits per heavy atom. The molecule has 1 N–H and O–H groups in total. The van der Waals surface area contributed by atoms with Gasteiger partial charge in [-0.05, 0) is 18.1 Å². The molecular formula is C13H19NO2. The lowest BCUT2D eigenvalue weighted by Crippen LogP contribution is -2.54. The molecule has 0 spiro atoms. The normalized spacial score (nSPS) is 25.6. The van der Waals surface area contributed by atoms with E-state index in [1.807, 2.05) is 0 Å². The van der Waals surface area contributed by atoms with Gasteiger partial charge < -0.3 is 14.8 Å². The van der Waals surface area contributed by atoms with Crippen molar-refractivity contribution in [2.45, 2.75) is 12.5 Å². The van der Waals surface area contributed by atoms with Crippen molar-refractivity contribution < 1.29 is 9.47 Å². The van der Waals surface area contributed by atoms with Gasteiger partial charge in [0.2, 0.25) is 0 Å². The van der Waals surface area contributed by atoms with E-state index in [1.54, 1.807) is 7.11 Å². The van der Waals surface area contributed by atoms with Crippen molar-refractivity contribution in [3.8, 4) is 0 Å². The number of rotatable bonds is 3. The van der Waals surface area contributed by atoms with E-state index in [-0.39, 0.29) is 5.54 Å². The highest BCUT2D eigenvalue weighted by atomic mass is 16.5. The van der Waals surface area contributed by atoms with Crippen LogP contribution in [0.3, 0.4) is 0 Å². The Bertz CT molecular complexity index is 340. The number of ether oxygens (including phenoxy) is 2. The van der Waals surface area contributed by atoms with E-state index in [2.05, 4.69) is 36.5 Å². The maximum atomic E-state index is 5.60. The summed E-state index contributed by atoms with van der Waals surface area (Å²) in [5.41, 5.74) is 2.37. The first-order valence-corrected chi connectivity index (χ1v) is 5.66. The van der Waals surface area contributed by atoms with Crippen LogP contribution in [0, 0.1) is 6.92 Å². The van der Waals surface area contributed by atoms with E-state index in [0.29, 0.717) is 13.2 Å². The molecule has 88 valence electrons. The number of methoxy groups -OCH3 is 1.